The number of carbonyl (C=O) groups excluding carboxylic acids is 1. The molecule has 0 amide bonds. The molecule has 0 aliphatic carbocycles. The van der Waals surface area contributed by atoms with Crippen LogP contribution in [0.3, 0.4) is 0 Å². The fraction of sp³-hybridized carbons (Fsp3) is 0.263. The molecule has 0 saturated carbocycles. The van der Waals surface area contributed by atoms with Gasteiger partial charge in [-0.25, -0.2) is 9.59 Å². The highest BCUT2D eigenvalue weighted by molar-refractivity contribution is 5.89. The first-order chi connectivity index (χ1) is 12.8. The molecule has 3 aromatic rings. The minimum absolute atomic E-state index is 0.0896. The van der Waals surface area contributed by atoms with Gasteiger partial charge in [0.25, 0.3) is 0 Å². The highest BCUT2D eigenvalue weighted by atomic mass is 16.5. The maximum atomic E-state index is 12.5. The van der Waals surface area contributed by atoms with Crippen molar-refractivity contribution < 1.29 is 23.8 Å². The Morgan fingerprint density at radius 1 is 1.30 bits per heavy atom. The molecule has 2 heterocycles. The summed E-state index contributed by atoms with van der Waals surface area (Å²) in [5, 5.41) is 14.2. The lowest BCUT2D eigenvalue weighted by molar-refractivity contribution is -0.142. The smallest absolute Gasteiger partial charge is 0.341 e. The second-order valence-electron chi connectivity index (χ2n) is 6.01. The first-order valence-corrected chi connectivity index (χ1v) is 8.34. The molecule has 27 heavy (non-hydrogen) atoms. The topological polar surface area (TPSA) is 112 Å². The minimum Gasteiger partial charge on any atom is -0.478 e. The summed E-state index contributed by atoms with van der Waals surface area (Å²) in [5.41, 5.74) is 1.50. The number of carbonyl (C=O) groups is 2. The molecule has 8 nitrogen and oxygen atoms in total. The van der Waals surface area contributed by atoms with Gasteiger partial charge in [0.2, 0.25) is 5.71 Å². The molecular formula is C19H18N2O6. The van der Waals surface area contributed by atoms with Crippen molar-refractivity contribution in [1.82, 2.24) is 9.78 Å². The number of esters is 1. The van der Waals surface area contributed by atoms with Crippen LogP contribution in [0.25, 0.3) is 16.8 Å². The van der Waals surface area contributed by atoms with Gasteiger partial charge >= 0.3 is 17.6 Å². The molecule has 0 unspecified atom stereocenters. The van der Waals surface area contributed by atoms with Crippen molar-refractivity contribution >= 4 is 23.0 Å². The van der Waals surface area contributed by atoms with E-state index in [2.05, 4.69) is 5.10 Å². The Morgan fingerprint density at radius 3 is 2.70 bits per heavy atom. The van der Waals surface area contributed by atoms with Crippen molar-refractivity contribution in [3.05, 3.63) is 57.1 Å². The number of carboxylic acid groups (broad SMARTS) is 1. The van der Waals surface area contributed by atoms with Gasteiger partial charge in [0, 0.05) is 0 Å². The number of fused-ring (bicyclic) bond motifs is 1. The quantitative estimate of drug-likeness (QED) is 0.686. The average Bonchev–Trinajstić information content (AvgIpc) is 2.95. The van der Waals surface area contributed by atoms with E-state index in [4.69, 9.17) is 9.15 Å². The predicted molar refractivity (Wildman–Crippen MR) is 96.4 cm³/mol. The third-order valence-electron chi connectivity index (χ3n) is 4.25. The zero-order valence-electron chi connectivity index (χ0n) is 15.1. The van der Waals surface area contributed by atoms with Crippen LogP contribution in [-0.4, -0.2) is 33.4 Å². The molecule has 2 aromatic heterocycles. The van der Waals surface area contributed by atoms with Crippen molar-refractivity contribution in [3.8, 4) is 5.69 Å². The number of ether oxygens (including phenoxy) is 1. The van der Waals surface area contributed by atoms with Gasteiger partial charge in [0.15, 0.2) is 0 Å². The number of aromatic nitrogens is 2. The van der Waals surface area contributed by atoms with Gasteiger partial charge in [-0.15, -0.1) is 0 Å². The Hall–Kier alpha value is -3.42. The van der Waals surface area contributed by atoms with Crippen molar-refractivity contribution in [1.29, 1.82) is 0 Å². The highest BCUT2D eigenvalue weighted by Crippen LogP contribution is 2.26. The Labute approximate surface area is 154 Å². The first kappa shape index (κ1) is 18.4. The fourth-order valence-corrected chi connectivity index (χ4v) is 2.99. The van der Waals surface area contributed by atoms with Crippen LogP contribution in [0.1, 0.15) is 34.1 Å². The van der Waals surface area contributed by atoms with Gasteiger partial charge in [-0.1, -0.05) is 6.07 Å². The lowest BCUT2D eigenvalue weighted by Crippen LogP contribution is -2.17. The lowest BCUT2D eigenvalue weighted by atomic mass is 10.0. The summed E-state index contributed by atoms with van der Waals surface area (Å²) in [5.74, 6) is -1.58. The van der Waals surface area contributed by atoms with Gasteiger partial charge in [0.05, 0.1) is 40.9 Å². The van der Waals surface area contributed by atoms with E-state index in [-0.39, 0.29) is 29.9 Å². The van der Waals surface area contributed by atoms with Crippen LogP contribution in [-0.2, 0) is 16.0 Å². The standard InChI is InChI=1S/C19H18N2O6/c1-4-26-15(22)9-14-10(2)16-11(3)20-21(17(16)27-19(14)25)13-7-5-6-12(8-13)18(23)24/h5-8H,4,9H2,1-3H3,(H,23,24). The molecule has 0 aliphatic rings. The predicted octanol–water partition coefficient (Wildman–Crippen LogP) is 2.40. The monoisotopic (exact) mass is 370 g/mol. The van der Waals surface area contributed by atoms with E-state index in [1.165, 1.54) is 16.8 Å². The van der Waals surface area contributed by atoms with Crippen molar-refractivity contribution in [2.24, 2.45) is 0 Å². The molecule has 140 valence electrons. The van der Waals surface area contributed by atoms with E-state index < -0.39 is 17.6 Å². The molecule has 0 spiro atoms. The third kappa shape index (κ3) is 3.33. The van der Waals surface area contributed by atoms with E-state index in [0.29, 0.717) is 22.3 Å². The van der Waals surface area contributed by atoms with Crippen LogP contribution < -0.4 is 5.63 Å². The second-order valence-corrected chi connectivity index (χ2v) is 6.01. The maximum absolute atomic E-state index is 12.5. The highest BCUT2D eigenvalue weighted by Gasteiger charge is 2.21. The minimum atomic E-state index is -1.07. The zero-order valence-corrected chi connectivity index (χ0v) is 15.1. The van der Waals surface area contributed by atoms with Crippen LogP contribution in [0, 0.1) is 13.8 Å². The number of aryl methyl sites for hydroxylation is 2. The molecule has 0 saturated heterocycles. The van der Waals surface area contributed by atoms with Gasteiger partial charge in [0.1, 0.15) is 0 Å². The van der Waals surface area contributed by atoms with E-state index in [0.717, 1.165) is 0 Å². The number of rotatable bonds is 5. The van der Waals surface area contributed by atoms with Gasteiger partial charge in [-0.3, -0.25) is 4.79 Å². The summed E-state index contributed by atoms with van der Waals surface area (Å²) in [7, 11) is 0. The summed E-state index contributed by atoms with van der Waals surface area (Å²) in [6.45, 7) is 5.39. The van der Waals surface area contributed by atoms with E-state index >= 15 is 0 Å². The largest absolute Gasteiger partial charge is 0.478 e. The third-order valence-corrected chi connectivity index (χ3v) is 4.25. The molecule has 0 fully saturated rings. The van der Waals surface area contributed by atoms with Crippen molar-refractivity contribution in [3.63, 3.8) is 0 Å². The molecule has 0 radical (unpaired) electrons. The van der Waals surface area contributed by atoms with Crippen molar-refractivity contribution in [2.75, 3.05) is 6.61 Å². The number of aromatic carboxylic acids is 1. The van der Waals surface area contributed by atoms with E-state index in [1.54, 1.807) is 32.9 Å². The fourth-order valence-electron chi connectivity index (χ4n) is 2.99. The van der Waals surface area contributed by atoms with Gasteiger partial charge in [-0.2, -0.15) is 9.78 Å². The van der Waals surface area contributed by atoms with Gasteiger partial charge < -0.3 is 14.3 Å². The number of hydrogen-bond donors (Lipinski definition) is 1. The summed E-state index contributed by atoms with van der Waals surface area (Å²) >= 11 is 0. The Balaban J connectivity index is 2.19. The van der Waals surface area contributed by atoms with E-state index in [9.17, 15) is 19.5 Å². The number of nitrogens with zero attached hydrogens (tertiary/aromatic N) is 2. The summed E-state index contributed by atoms with van der Waals surface area (Å²) in [6.07, 6.45) is -0.183. The molecular weight excluding hydrogens is 352 g/mol. The molecule has 0 atom stereocenters. The molecule has 0 bridgehead atoms. The van der Waals surface area contributed by atoms with Crippen molar-refractivity contribution in [2.45, 2.75) is 27.2 Å². The van der Waals surface area contributed by atoms with Gasteiger partial charge in [-0.05, 0) is 44.5 Å². The summed E-state index contributed by atoms with van der Waals surface area (Å²) < 4.78 is 11.7. The second kappa shape index (κ2) is 7.06. The van der Waals surface area contributed by atoms with Crippen LogP contribution in [0.15, 0.2) is 33.5 Å². The number of hydrogen-bond acceptors (Lipinski definition) is 6. The average molecular weight is 370 g/mol. The molecule has 3 rings (SSSR count). The number of carboxylic acids is 1. The van der Waals surface area contributed by atoms with Crippen LogP contribution in [0.5, 0.6) is 0 Å². The lowest BCUT2D eigenvalue weighted by Gasteiger charge is -2.07. The molecule has 1 aromatic carbocycles. The SMILES string of the molecule is CCOC(=O)Cc1c(C)c2c(C)nn(-c3cccc(C(=O)O)c3)c2oc1=O. The molecule has 8 heteroatoms. The Kier molecular flexibility index (Phi) is 4.81. The van der Waals surface area contributed by atoms with Crippen LogP contribution >= 0.6 is 0 Å². The van der Waals surface area contributed by atoms with Crippen LogP contribution in [0.4, 0.5) is 0 Å². The molecule has 0 aliphatic heterocycles. The number of benzene rings is 1. The first-order valence-electron chi connectivity index (χ1n) is 8.34. The van der Waals surface area contributed by atoms with Crippen LogP contribution in [0.2, 0.25) is 0 Å². The van der Waals surface area contributed by atoms with E-state index in [1.807, 2.05) is 0 Å². The Bertz CT molecular complexity index is 1110. The summed E-state index contributed by atoms with van der Waals surface area (Å²) in [4.78, 5) is 35.5. The Morgan fingerprint density at radius 2 is 2.04 bits per heavy atom. The molecule has 1 N–H and O–H groups in total. The normalized spacial score (nSPS) is 10.9. The maximum Gasteiger partial charge on any atom is 0.341 e. The summed E-state index contributed by atoms with van der Waals surface area (Å²) in [6, 6.07) is 6.15. The zero-order chi connectivity index (χ0) is 19.7.